The van der Waals surface area contributed by atoms with Gasteiger partial charge in [0.2, 0.25) is 0 Å². The molecular formula is C21H23N3O3. The highest BCUT2D eigenvalue weighted by Crippen LogP contribution is 2.41. The molecule has 1 aliphatic carbocycles. The molecule has 6 heteroatoms. The van der Waals surface area contributed by atoms with Crippen molar-refractivity contribution >= 4 is 22.7 Å². The van der Waals surface area contributed by atoms with Gasteiger partial charge >= 0.3 is 0 Å². The number of carbonyl (C=O) groups is 1. The fourth-order valence-corrected chi connectivity index (χ4v) is 3.19. The van der Waals surface area contributed by atoms with E-state index >= 15 is 0 Å². The Morgan fingerprint density at radius 1 is 1.30 bits per heavy atom. The molecule has 0 atom stereocenters. The van der Waals surface area contributed by atoms with Crippen molar-refractivity contribution in [2.24, 2.45) is 5.41 Å². The molecule has 0 saturated heterocycles. The van der Waals surface area contributed by atoms with Crippen molar-refractivity contribution in [2.45, 2.75) is 46.0 Å². The third-order valence-electron chi connectivity index (χ3n) is 4.63. The van der Waals surface area contributed by atoms with Crippen molar-refractivity contribution in [3.05, 3.63) is 47.3 Å². The Hall–Kier alpha value is -2.89. The van der Waals surface area contributed by atoms with Gasteiger partial charge in [0.05, 0.1) is 22.3 Å². The Bertz CT molecular complexity index is 1010. The summed E-state index contributed by atoms with van der Waals surface area (Å²) in [5.74, 6) is 0.102. The maximum absolute atomic E-state index is 13.1. The molecule has 2 aromatic heterocycles. The largest absolute Gasteiger partial charge is 0.506 e. The van der Waals surface area contributed by atoms with Gasteiger partial charge in [-0.3, -0.25) is 4.79 Å². The van der Waals surface area contributed by atoms with Crippen molar-refractivity contribution in [1.29, 1.82) is 0 Å². The van der Waals surface area contributed by atoms with Crippen LogP contribution in [0.5, 0.6) is 5.75 Å². The van der Waals surface area contributed by atoms with Gasteiger partial charge < -0.3 is 14.9 Å². The Kier molecular flexibility index (Phi) is 4.13. The summed E-state index contributed by atoms with van der Waals surface area (Å²) in [6.45, 7) is 6.34. The quantitative estimate of drug-likeness (QED) is 0.657. The van der Waals surface area contributed by atoms with E-state index in [4.69, 9.17) is 4.52 Å². The number of anilines is 1. The number of aromatic hydroxyl groups is 1. The number of phenols is 1. The van der Waals surface area contributed by atoms with E-state index in [9.17, 15) is 9.90 Å². The second kappa shape index (κ2) is 6.37. The van der Waals surface area contributed by atoms with Gasteiger partial charge in [-0.25, -0.2) is 4.98 Å². The van der Waals surface area contributed by atoms with Crippen molar-refractivity contribution in [2.75, 3.05) is 5.32 Å². The van der Waals surface area contributed by atoms with Crippen LogP contribution in [-0.4, -0.2) is 21.2 Å². The summed E-state index contributed by atoms with van der Waals surface area (Å²) in [5.41, 5.74) is 2.85. The molecule has 2 N–H and O–H groups in total. The lowest BCUT2D eigenvalue weighted by atomic mass is 9.89. The molecular weight excluding hydrogens is 342 g/mol. The fraction of sp³-hybridized carbons (Fsp3) is 0.381. The first-order chi connectivity index (χ1) is 12.8. The molecule has 1 saturated carbocycles. The van der Waals surface area contributed by atoms with E-state index in [-0.39, 0.29) is 17.1 Å². The van der Waals surface area contributed by atoms with Crippen LogP contribution in [-0.2, 0) is 6.42 Å². The molecule has 2 heterocycles. The normalized spacial score (nSPS) is 14.5. The Balaban J connectivity index is 1.80. The van der Waals surface area contributed by atoms with E-state index in [1.807, 2.05) is 6.07 Å². The second-order valence-corrected chi connectivity index (χ2v) is 8.39. The Morgan fingerprint density at radius 3 is 2.70 bits per heavy atom. The van der Waals surface area contributed by atoms with Crippen molar-refractivity contribution in [1.82, 2.24) is 10.1 Å². The maximum Gasteiger partial charge on any atom is 0.259 e. The van der Waals surface area contributed by atoms with Gasteiger partial charge in [0, 0.05) is 11.6 Å². The molecule has 3 aromatic rings. The molecule has 4 rings (SSSR count). The van der Waals surface area contributed by atoms with Gasteiger partial charge in [0.1, 0.15) is 5.75 Å². The zero-order valence-corrected chi connectivity index (χ0v) is 15.7. The summed E-state index contributed by atoms with van der Waals surface area (Å²) in [6.07, 6.45) is 2.81. The minimum atomic E-state index is -0.302. The van der Waals surface area contributed by atoms with Crippen LogP contribution in [0.3, 0.4) is 0 Å². The number of aromatic nitrogens is 2. The highest BCUT2D eigenvalue weighted by atomic mass is 16.5. The van der Waals surface area contributed by atoms with Crippen LogP contribution < -0.4 is 5.32 Å². The fourth-order valence-electron chi connectivity index (χ4n) is 3.19. The summed E-state index contributed by atoms with van der Waals surface area (Å²) in [7, 11) is 0. The van der Waals surface area contributed by atoms with Crippen LogP contribution in [0.1, 0.15) is 61.3 Å². The molecule has 0 bridgehead atoms. The van der Waals surface area contributed by atoms with Gasteiger partial charge in [0.15, 0.2) is 0 Å². The SMILES string of the molecule is CC(C)(C)Cc1noc2nc(C3CC3)cc(C(=O)Nc3ccccc3O)c12. The topological polar surface area (TPSA) is 88.2 Å². The van der Waals surface area contributed by atoms with Crippen molar-refractivity contribution in [3.63, 3.8) is 0 Å². The molecule has 1 amide bonds. The number of hydrogen-bond acceptors (Lipinski definition) is 5. The predicted octanol–water partition coefficient (Wildman–Crippen LogP) is 4.65. The summed E-state index contributed by atoms with van der Waals surface area (Å²) in [4.78, 5) is 17.7. The average Bonchev–Trinajstić information content (AvgIpc) is 3.38. The Morgan fingerprint density at radius 2 is 2.04 bits per heavy atom. The molecule has 27 heavy (non-hydrogen) atoms. The molecule has 0 unspecified atom stereocenters. The van der Waals surface area contributed by atoms with Gasteiger partial charge in [-0.05, 0) is 42.9 Å². The van der Waals surface area contributed by atoms with E-state index < -0.39 is 0 Å². The number of amides is 1. The van der Waals surface area contributed by atoms with E-state index in [2.05, 4.69) is 36.2 Å². The van der Waals surface area contributed by atoms with Crippen LogP contribution >= 0.6 is 0 Å². The number of phenolic OH excluding ortho intramolecular Hbond substituents is 1. The first-order valence-electron chi connectivity index (χ1n) is 9.20. The standard InChI is InChI=1S/C21H23N3O3/c1-21(2,3)11-16-18-13(19(26)22-14-6-4-5-7-17(14)25)10-15(12-8-9-12)23-20(18)27-24-16/h4-7,10,12,25H,8-9,11H2,1-3H3,(H,22,26). The monoisotopic (exact) mass is 365 g/mol. The number of hydrogen-bond donors (Lipinski definition) is 2. The van der Waals surface area contributed by atoms with Gasteiger partial charge in [0.25, 0.3) is 11.6 Å². The number of para-hydroxylation sites is 2. The lowest BCUT2D eigenvalue weighted by Gasteiger charge is -2.16. The van der Waals surface area contributed by atoms with Gasteiger partial charge in [-0.15, -0.1) is 0 Å². The molecule has 0 aliphatic heterocycles. The molecule has 0 spiro atoms. The lowest BCUT2D eigenvalue weighted by molar-refractivity contribution is 0.102. The molecule has 1 aromatic carbocycles. The van der Waals surface area contributed by atoms with E-state index in [0.717, 1.165) is 24.2 Å². The van der Waals surface area contributed by atoms with E-state index in [0.29, 0.717) is 34.7 Å². The molecule has 1 fully saturated rings. The van der Waals surface area contributed by atoms with Crippen LogP contribution in [0.25, 0.3) is 11.1 Å². The first kappa shape index (κ1) is 17.5. The van der Waals surface area contributed by atoms with Gasteiger partial charge in [-0.2, -0.15) is 0 Å². The minimum absolute atomic E-state index is 0.00951. The molecule has 140 valence electrons. The lowest BCUT2D eigenvalue weighted by Crippen LogP contribution is -2.15. The molecule has 1 aliphatic rings. The van der Waals surface area contributed by atoms with E-state index in [1.54, 1.807) is 18.2 Å². The first-order valence-corrected chi connectivity index (χ1v) is 9.20. The highest BCUT2D eigenvalue weighted by molar-refractivity contribution is 6.12. The third kappa shape index (κ3) is 3.65. The molecule has 6 nitrogen and oxygen atoms in total. The minimum Gasteiger partial charge on any atom is -0.506 e. The van der Waals surface area contributed by atoms with E-state index in [1.165, 1.54) is 6.07 Å². The van der Waals surface area contributed by atoms with Crippen LogP contribution in [0.2, 0.25) is 0 Å². The summed E-state index contributed by atoms with van der Waals surface area (Å²) < 4.78 is 5.49. The zero-order valence-electron chi connectivity index (χ0n) is 15.7. The third-order valence-corrected chi connectivity index (χ3v) is 4.63. The Labute approximate surface area is 157 Å². The number of nitrogens with one attached hydrogen (secondary N) is 1. The summed E-state index contributed by atoms with van der Waals surface area (Å²) in [5, 5.41) is 17.6. The number of carbonyl (C=O) groups excluding carboxylic acids is 1. The van der Waals surface area contributed by atoms with Gasteiger partial charge in [-0.1, -0.05) is 38.1 Å². The molecule has 0 radical (unpaired) electrons. The predicted molar refractivity (Wildman–Crippen MR) is 103 cm³/mol. The summed E-state index contributed by atoms with van der Waals surface area (Å²) >= 11 is 0. The summed E-state index contributed by atoms with van der Waals surface area (Å²) in [6, 6.07) is 8.52. The van der Waals surface area contributed by atoms with Crippen molar-refractivity contribution in [3.8, 4) is 5.75 Å². The average molecular weight is 365 g/mol. The van der Waals surface area contributed by atoms with Crippen LogP contribution in [0.15, 0.2) is 34.9 Å². The zero-order chi connectivity index (χ0) is 19.2. The number of nitrogens with zero attached hydrogens (tertiary/aromatic N) is 2. The number of rotatable bonds is 4. The smallest absolute Gasteiger partial charge is 0.259 e. The second-order valence-electron chi connectivity index (χ2n) is 8.39. The number of benzene rings is 1. The maximum atomic E-state index is 13.1. The number of pyridine rings is 1. The van der Waals surface area contributed by atoms with Crippen LogP contribution in [0.4, 0.5) is 5.69 Å². The van der Waals surface area contributed by atoms with Crippen LogP contribution in [0, 0.1) is 5.41 Å². The highest BCUT2D eigenvalue weighted by Gasteiger charge is 2.30. The number of fused-ring (bicyclic) bond motifs is 1. The van der Waals surface area contributed by atoms with Crippen molar-refractivity contribution < 1.29 is 14.4 Å².